The van der Waals surface area contributed by atoms with Crippen LogP contribution in [0.1, 0.15) is 0 Å². The van der Waals surface area contributed by atoms with Crippen molar-refractivity contribution in [3.8, 4) is 11.5 Å². The van der Waals surface area contributed by atoms with Gasteiger partial charge in [0, 0.05) is 5.33 Å². The highest BCUT2D eigenvalue weighted by Gasteiger charge is 2.27. The van der Waals surface area contributed by atoms with Crippen molar-refractivity contribution >= 4 is 15.9 Å². The Labute approximate surface area is 103 Å². The SMILES string of the molecule is COc1ccccc1OC1OCC(CBr)O1. The molecule has 88 valence electrons. The second-order valence-electron chi connectivity index (χ2n) is 3.30. The van der Waals surface area contributed by atoms with E-state index < -0.39 is 6.48 Å². The first kappa shape index (κ1) is 11.7. The van der Waals surface area contributed by atoms with Crippen molar-refractivity contribution < 1.29 is 18.9 Å². The van der Waals surface area contributed by atoms with Crippen molar-refractivity contribution in [1.82, 2.24) is 0 Å². The molecule has 1 heterocycles. The summed E-state index contributed by atoms with van der Waals surface area (Å²) in [6, 6.07) is 7.39. The Morgan fingerprint density at radius 3 is 2.75 bits per heavy atom. The highest BCUT2D eigenvalue weighted by Crippen LogP contribution is 2.28. The van der Waals surface area contributed by atoms with E-state index in [4.69, 9.17) is 18.9 Å². The normalized spacial score (nSPS) is 24.4. The first-order chi connectivity index (χ1) is 7.83. The van der Waals surface area contributed by atoms with Gasteiger partial charge < -0.3 is 18.9 Å². The molecule has 1 fully saturated rings. The molecule has 0 aliphatic carbocycles. The van der Waals surface area contributed by atoms with E-state index in [1.807, 2.05) is 24.3 Å². The molecule has 1 aromatic rings. The highest BCUT2D eigenvalue weighted by atomic mass is 79.9. The number of rotatable bonds is 4. The third-order valence-corrected chi connectivity index (χ3v) is 2.91. The first-order valence-electron chi connectivity index (χ1n) is 4.96. The van der Waals surface area contributed by atoms with Gasteiger partial charge in [-0.3, -0.25) is 0 Å². The first-order valence-corrected chi connectivity index (χ1v) is 6.08. The van der Waals surface area contributed by atoms with Crippen molar-refractivity contribution in [3.63, 3.8) is 0 Å². The lowest BCUT2D eigenvalue weighted by Crippen LogP contribution is -2.19. The highest BCUT2D eigenvalue weighted by molar-refractivity contribution is 9.09. The Kier molecular flexibility index (Phi) is 4.04. The Morgan fingerprint density at radius 1 is 1.38 bits per heavy atom. The monoisotopic (exact) mass is 288 g/mol. The molecule has 0 aromatic heterocycles. The summed E-state index contributed by atoms with van der Waals surface area (Å²) in [5.74, 6) is 1.28. The third kappa shape index (κ3) is 2.66. The van der Waals surface area contributed by atoms with E-state index >= 15 is 0 Å². The van der Waals surface area contributed by atoms with Crippen molar-refractivity contribution in [2.75, 3.05) is 19.0 Å². The van der Waals surface area contributed by atoms with Crippen LogP contribution in [-0.2, 0) is 9.47 Å². The maximum absolute atomic E-state index is 5.54. The summed E-state index contributed by atoms with van der Waals surface area (Å²) in [6.07, 6.45) is 0.0414. The van der Waals surface area contributed by atoms with Gasteiger partial charge in [0.2, 0.25) is 0 Å². The maximum Gasteiger partial charge on any atom is 0.316 e. The summed E-state index contributed by atoms with van der Waals surface area (Å²) in [4.78, 5) is 0. The summed E-state index contributed by atoms with van der Waals surface area (Å²) in [6.45, 7) is -0.121. The molecule has 4 nitrogen and oxygen atoms in total. The fourth-order valence-corrected chi connectivity index (χ4v) is 1.72. The molecule has 1 aliphatic heterocycles. The largest absolute Gasteiger partial charge is 0.493 e. The summed E-state index contributed by atoms with van der Waals surface area (Å²) in [5, 5.41) is 0.735. The molecule has 0 N–H and O–H groups in total. The van der Waals surface area contributed by atoms with Crippen molar-refractivity contribution in [2.45, 2.75) is 12.6 Å². The van der Waals surface area contributed by atoms with Gasteiger partial charge in [0.15, 0.2) is 11.5 Å². The van der Waals surface area contributed by atoms with Crippen molar-refractivity contribution in [3.05, 3.63) is 24.3 Å². The smallest absolute Gasteiger partial charge is 0.316 e. The lowest BCUT2D eigenvalue weighted by Gasteiger charge is -2.14. The lowest BCUT2D eigenvalue weighted by atomic mass is 10.3. The Hall–Kier alpha value is -0.780. The predicted molar refractivity (Wildman–Crippen MR) is 62.0 cm³/mol. The minimum atomic E-state index is -0.654. The summed E-state index contributed by atoms with van der Waals surface area (Å²) in [7, 11) is 1.60. The van der Waals surface area contributed by atoms with Gasteiger partial charge in [-0.2, -0.15) is 0 Å². The molecule has 0 amide bonds. The number of benzene rings is 1. The van der Waals surface area contributed by atoms with Gasteiger partial charge in [-0.05, 0) is 12.1 Å². The Bertz CT molecular complexity index is 345. The van der Waals surface area contributed by atoms with Crippen LogP contribution in [0.4, 0.5) is 0 Å². The average Bonchev–Trinajstić information content (AvgIpc) is 2.77. The summed E-state index contributed by atoms with van der Waals surface area (Å²) >= 11 is 3.33. The van der Waals surface area contributed by atoms with E-state index in [0.29, 0.717) is 18.1 Å². The molecule has 2 rings (SSSR count). The van der Waals surface area contributed by atoms with Gasteiger partial charge >= 0.3 is 6.48 Å². The number of para-hydroxylation sites is 2. The molecule has 0 radical (unpaired) electrons. The zero-order chi connectivity index (χ0) is 11.4. The van der Waals surface area contributed by atoms with Crippen LogP contribution < -0.4 is 9.47 Å². The maximum atomic E-state index is 5.54. The third-order valence-electron chi connectivity index (χ3n) is 2.19. The van der Waals surface area contributed by atoms with Gasteiger partial charge in [-0.1, -0.05) is 28.1 Å². The quantitative estimate of drug-likeness (QED) is 0.796. The molecule has 5 heteroatoms. The molecular weight excluding hydrogens is 276 g/mol. The number of alkyl halides is 1. The van der Waals surface area contributed by atoms with Crippen LogP contribution in [0, 0.1) is 0 Å². The number of hydrogen-bond donors (Lipinski definition) is 0. The minimum absolute atomic E-state index is 0.0414. The van der Waals surface area contributed by atoms with E-state index in [9.17, 15) is 0 Å². The molecule has 1 aromatic carbocycles. The zero-order valence-electron chi connectivity index (χ0n) is 8.89. The van der Waals surface area contributed by atoms with E-state index in [0.717, 1.165) is 5.33 Å². The molecule has 1 aliphatic rings. The summed E-state index contributed by atoms with van der Waals surface area (Å²) in [5.41, 5.74) is 0. The van der Waals surface area contributed by atoms with E-state index in [-0.39, 0.29) is 6.10 Å². The number of ether oxygens (including phenoxy) is 4. The number of methoxy groups -OCH3 is 1. The van der Waals surface area contributed by atoms with E-state index in [2.05, 4.69) is 15.9 Å². The fourth-order valence-electron chi connectivity index (χ4n) is 1.38. The van der Waals surface area contributed by atoms with Crippen LogP contribution in [0.5, 0.6) is 11.5 Å². The lowest BCUT2D eigenvalue weighted by molar-refractivity contribution is -0.184. The molecular formula is C11H13BrO4. The van der Waals surface area contributed by atoms with Crippen LogP contribution in [0.15, 0.2) is 24.3 Å². The second kappa shape index (κ2) is 5.52. The van der Waals surface area contributed by atoms with Crippen LogP contribution in [0.25, 0.3) is 0 Å². The molecule has 1 saturated heterocycles. The second-order valence-corrected chi connectivity index (χ2v) is 3.95. The van der Waals surface area contributed by atoms with Crippen LogP contribution >= 0.6 is 15.9 Å². The van der Waals surface area contributed by atoms with Gasteiger partial charge in [-0.15, -0.1) is 0 Å². The standard InChI is InChI=1S/C11H13BrO4/c1-13-9-4-2-3-5-10(9)16-11-14-7-8(6-12)15-11/h2-5,8,11H,6-7H2,1H3. The molecule has 2 unspecified atom stereocenters. The molecule has 0 spiro atoms. The fraction of sp³-hybridized carbons (Fsp3) is 0.455. The molecule has 16 heavy (non-hydrogen) atoms. The van der Waals surface area contributed by atoms with Crippen molar-refractivity contribution in [1.29, 1.82) is 0 Å². The van der Waals surface area contributed by atoms with Gasteiger partial charge in [0.25, 0.3) is 0 Å². The molecule has 0 saturated carbocycles. The van der Waals surface area contributed by atoms with Gasteiger partial charge in [0.05, 0.1) is 19.8 Å². The van der Waals surface area contributed by atoms with Gasteiger partial charge in [0.1, 0.15) is 0 Å². The van der Waals surface area contributed by atoms with Gasteiger partial charge in [-0.25, -0.2) is 0 Å². The van der Waals surface area contributed by atoms with Crippen LogP contribution in [0.3, 0.4) is 0 Å². The summed E-state index contributed by atoms with van der Waals surface area (Å²) < 4.78 is 21.5. The minimum Gasteiger partial charge on any atom is -0.493 e. The molecule has 2 atom stereocenters. The topological polar surface area (TPSA) is 36.9 Å². The number of hydrogen-bond acceptors (Lipinski definition) is 4. The Morgan fingerprint density at radius 2 is 2.12 bits per heavy atom. The zero-order valence-corrected chi connectivity index (χ0v) is 10.5. The van der Waals surface area contributed by atoms with E-state index in [1.54, 1.807) is 7.11 Å². The molecule has 0 bridgehead atoms. The number of halogens is 1. The van der Waals surface area contributed by atoms with Crippen molar-refractivity contribution in [2.24, 2.45) is 0 Å². The van der Waals surface area contributed by atoms with E-state index in [1.165, 1.54) is 0 Å². The average molecular weight is 289 g/mol. The predicted octanol–water partition coefficient (Wildman–Crippen LogP) is 2.17. The van der Waals surface area contributed by atoms with Crippen LogP contribution in [0.2, 0.25) is 0 Å². The Balaban J connectivity index is 1.99. The van der Waals surface area contributed by atoms with Crippen LogP contribution in [-0.4, -0.2) is 31.6 Å².